The van der Waals surface area contributed by atoms with Crippen molar-refractivity contribution in [2.45, 2.75) is 38.3 Å². The Morgan fingerprint density at radius 3 is 2.84 bits per heavy atom. The lowest BCUT2D eigenvalue weighted by Crippen LogP contribution is -2.47. The van der Waals surface area contributed by atoms with Crippen LogP contribution in [0.15, 0.2) is 18.2 Å². The van der Waals surface area contributed by atoms with Gasteiger partial charge < -0.3 is 10.6 Å². The van der Waals surface area contributed by atoms with E-state index in [1.54, 1.807) is 12.1 Å². The fourth-order valence-electron chi connectivity index (χ4n) is 2.32. The minimum Gasteiger partial charge on any atom is -0.348 e. The van der Waals surface area contributed by atoms with E-state index < -0.39 is 0 Å². The first-order chi connectivity index (χ1) is 9.08. The van der Waals surface area contributed by atoms with Crippen LogP contribution in [-0.4, -0.2) is 18.5 Å². The molecule has 2 N–H and O–H groups in total. The number of piperidine rings is 1. The van der Waals surface area contributed by atoms with Gasteiger partial charge in [0.15, 0.2) is 0 Å². The number of halogens is 2. The number of nitrogens with one attached hydrogen (secondary N) is 2. The molecule has 1 amide bonds. The molecule has 1 saturated heterocycles. The highest BCUT2D eigenvalue weighted by molar-refractivity contribution is 6.35. The van der Waals surface area contributed by atoms with Gasteiger partial charge in [0.1, 0.15) is 0 Å². The fraction of sp³-hybridized carbons (Fsp3) is 0.500. The molecule has 0 spiro atoms. The van der Waals surface area contributed by atoms with E-state index in [4.69, 9.17) is 23.2 Å². The van der Waals surface area contributed by atoms with Gasteiger partial charge in [-0.05, 0) is 44.0 Å². The molecule has 0 aromatic heterocycles. The first kappa shape index (κ1) is 14.6. The van der Waals surface area contributed by atoms with Crippen molar-refractivity contribution in [3.05, 3.63) is 33.8 Å². The van der Waals surface area contributed by atoms with Crippen molar-refractivity contribution < 1.29 is 4.79 Å². The highest BCUT2D eigenvalue weighted by Gasteiger charge is 2.22. The summed E-state index contributed by atoms with van der Waals surface area (Å²) in [5.41, 5.74) is 0.884. The highest BCUT2D eigenvalue weighted by Crippen LogP contribution is 2.26. The molecule has 5 heteroatoms. The molecule has 1 unspecified atom stereocenters. The van der Waals surface area contributed by atoms with Crippen molar-refractivity contribution in [1.29, 1.82) is 0 Å². The molecule has 2 rings (SSSR count). The van der Waals surface area contributed by atoms with Gasteiger partial charge >= 0.3 is 0 Å². The molecular formula is C14H18Cl2N2O. The lowest BCUT2D eigenvalue weighted by molar-refractivity contribution is -0.124. The maximum atomic E-state index is 12.1. The minimum atomic E-state index is -0.124. The topological polar surface area (TPSA) is 41.1 Å². The van der Waals surface area contributed by atoms with Crippen molar-refractivity contribution >= 4 is 29.1 Å². The smallest absolute Gasteiger partial charge is 0.237 e. The molecule has 0 saturated carbocycles. The Labute approximate surface area is 123 Å². The zero-order valence-corrected chi connectivity index (χ0v) is 12.4. The lowest BCUT2D eigenvalue weighted by atomic mass is 10.0. The van der Waals surface area contributed by atoms with Crippen molar-refractivity contribution in [2.75, 3.05) is 6.54 Å². The van der Waals surface area contributed by atoms with Gasteiger partial charge in [-0.3, -0.25) is 4.79 Å². The molecule has 2 atom stereocenters. The molecule has 3 nitrogen and oxygen atoms in total. The minimum absolute atomic E-state index is 0.0400. The first-order valence-corrected chi connectivity index (χ1v) is 7.32. The third-order valence-electron chi connectivity index (χ3n) is 3.41. The van der Waals surface area contributed by atoms with E-state index >= 15 is 0 Å². The zero-order valence-electron chi connectivity index (χ0n) is 10.9. The fourth-order valence-corrected chi connectivity index (χ4v) is 2.89. The van der Waals surface area contributed by atoms with Crippen LogP contribution in [0.25, 0.3) is 0 Å². The number of rotatable bonds is 3. The number of hydrogen-bond acceptors (Lipinski definition) is 2. The standard InChI is InChI=1S/C14H18Cl2N2O/c1-9(11-6-5-10(15)8-12(11)16)18-14(19)13-4-2-3-7-17-13/h5-6,8-9,13,17H,2-4,7H2,1H3,(H,18,19)/t9?,13-/m0/s1. The van der Waals surface area contributed by atoms with Crippen LogP contribution in [0.1, 0.15) is 37.8 Å². The average Bonchev–Trinajstić information content (AvgIpc) is 2.39. The first-order valence-electron chi connectivity index (χ1n) is 6.56. The molecular weight excluding hydrogens is 283 g/mol. The predicted octanol–water partition coefficient (Wildman–Crippen LogP) is 3.31. The van der Waals surface area contributed by atoms with Crippen LogP contribution in [0.5, 0.6) is 0 Å². The second kappa shape index (κ2) is 6.60. The quantitative estimate of drug-likeness (QED) is 0.899. The van der Waals surface area contributed by atoms with Crippen molar-refractivity contribution in [2.24, 2.45) is 0 Å². The summed E-state index contributed by atoms with van der Waals surface area (Å²) in [4.78, 5) is 12.1. The maximum absolute atomic E-state index is 12.1. The molecule has 1 fully saturated rings. The normalized spacial score (nSPS) is 20.9. The molecule has 0 aliphatic carbocycles. The molecule has 1 aliphatic rings. The van der Waals surface area contributed by atoms with E-state index in [0.29, 0.717) is 10.0 Å². The van der Waals surface area contributed by atoms with Gasteiger partial charge in [-0.15, -0.1) is 0 Å². The van der Waals surface area contributed by atoms with E-state index in [9.17, 15) is 4.79 Å². The molecule has 1 aromatic rings. The Bertz CT molecular complexity index is 459. The summed E-state index contributed by atoms with van der Waals surface area (Å²) in [5.74, 6) is 0.0400. The van der Waals surface area contributed by atoms with Gasteiger partial charge in [0.25, 0.3) is 0 Å². The summed E-state index contributed by atoms with van der Waals surface area (Å²) in [6, 6.07) is 5.12. The molecule has 104 valence electrons. The Balaban J connectivity index is 1.99. The molecule has 0 bridgehead atoms. The van der Waals surface area contributed by atoms with Gasteiger partial charge in [-0.1, -0.05) is 35.7 Å². The van der Waals surface area contributed by atoms with Crippen molar-refractivity contribution in [1.82, 2.24) is 10.6 Å². The summed E-state index contributed by atoms with van der Waals surface area (Å²) in [6.07, 6.45) is 3.14. The number of amides is 1. The Morgan fingerprint density at radius 1 is 1.42 bits per heavy atom. The Morgan fingerprint density at radius 2 is 2.21 bits per heavy atom. The van der Waals surface area contributed by atoms with Crippen LogP contribution in [0.4, 0.5) is 0 Å². The molecule has 1 aromatic carbocycles. The second-order valence-electron chi connectivity index (χ2n) is 4.90. The number of carbonyl (C=O) groups is 1. The molecule has 1 aliphatic heterocycles. The third-order valence-corrected chi connectivity index (χ3v) is 3.98. The Kier molecular flexibility index (Phi) is 5.08. The monoisotopic (exact) mass is 300 g/mol. The summed E-state index contributed by atoms with van der Waals surface area (Å²) < 4.78 is 0. The van der Waals surface area contributed by atoms with Crippen LogP contribution in [0.3, 0.4) is 0 Å². The van der Waals surface area contributed by atoms with Crippen molar-refractivity contribution in [3.63, 3.8) is 0 Å². The van der Waals surface area contributed by atoms with Gasteiger partial charge in [-0.25, -0.2) is 0 Å². The highest BCUT2D eigenvalue weighted by atomic mass is 35.5. The summed E-state index contributed by atoms with van der Waals surface area (Å²) in [5, 5.41) is 7.41. The van der Waals surface area contributed by atoms with Crippen LogP contribution in [0.2, 0.25) is 10.0 Å². The van der Waals surface area contributed by atoms with Gasteiger partial charge in [-0.2, -0.15) is 0 Å². The molecule has 1 heterocycles. The summed E-state index contributed by atoms with van der Waals surface area (Å²) in [6.45, 7) is 2.84. The van der Waals surface area contributed by atoms with E-state index in [-0.39, 0.29) is 18.0 Å². The van der Waals surface area contributed by atoms with Gasteiger partial charge in [0, 0.05) is 10.0 Å². The zero-order chi connectivity index (χ0) is 13.8. The number of benzene rings is 1. The summed E-state index contributed by atoms with van der Waals surface area (Å²) >= 11 is 12.0. The van der Waals surface area contributed by atoms with E-state index in [1.807, 2.05) is 13.0 Å². The molecule has 0 radical (unpaired) electrons. The van der Waals surface area contributed by atoms with Gasteiger partial charge in [0.2, 0.25) is 5.91 Å². The maximum Gasteiger partial charge on any atom is 0.237 e. The van der Waals surface area contributed by atoms with Crippen LogP contribution in [-0.2, 0) is 4.79 Å². The molecule has 19 heavy (non-hydrogen) atoms. The Hall–Kier alpha value is -0.770. The van der Waals surface area contributed by atoms with E-state index in [0.717, 1.165) is 31.4 Å². The van der Waals surface area contributed by atoms with Crippen LogP contribution in [0, 0.1) is 0 Å². The van der Waals surface area contributed by atoms with E-state index in [2.05, 4.69) is 10.6 Å². The number of hydrogen-bond donors (Lipinski definition) is 2. The van der Waals surface area contributed by atoms with Crippen LogP contribution >= 0.6 is 23.2 Å². The second-order valence-corrected chi connectivity index (χ2v) is 5.74. The third kappa shape index (κ3) is 3.85. The predicted molar refractivity (Wildman–Crippen MR) is 78.7 cm³/mol. The number of carbonyl (C=O) groups excluding carboxylic acids is 1. The van der Waals surface area contributed by atoms with Gasteiger partial charge in [0.05, 0.1) is 12.1 Å². The largest absolute Gasteiger partial charge is 0.348 e. The SMILES string of the molecule is CC(NC(=O)[C@@H]1CCCCN1)c1ccc(Cl)cc1Cl. The lowest BCUT2D eigenvalue weighted by Gasteiger charge is -2.25. The average molecular weight is 301 g/mol. The van der Waals surface area contributed by atoms with Crippen molar-refractivity contribution in [3.8, 4) is 0 Å². The van der Waals surface area contributed by atoms with E-state index in [1.165, 1.54) is 0 Å². The van der Waals surface area contributed by atoms with Crippen LogP contribution < -0.4 is 10.6 Å². The summed E-state index contributed by atoms with van der Waals surface area (Å²) in [7, 11) is 0.